The molecule has 1 aromatic rings. The van der Waals surface area contributed by atoms with Crippen LogP contribution in [0.2, 0.25) is 0 Å². The van der Waals surface area contributed by atoms with Gasteiger partial charge in [-0.25, -0.2) is 4.39 Å². The predicted molar refractivity (Wildman–Crippen MR) is 54.2 cm³/mol. The molecule has 1 N–H and O–H groups in total. The molecule has 0 bridgehead atoms. The van der Waals surface area contributed by atoms with Gasteiger partial charge in [0.25, 0.3) is 0 Å². The van der Waals surface area contributed by atoms with Gasteiger partial charge in [0.1, 0.15) is 5.82 Å². The van der Waals surface area contributed by atoms with Crippen molar-refractivity contribution >= 4 is 5.97 Å². The average molecular weight is 208 g/mol. The van der Waals surface area contributed by atoms with E-state index in [2.05, 4.69) is 0 Å². The number of rotatable bonds is 2. The normalized spacial score (nSPS) is 28.9. The summed E-state index contributed by atoms with van der Waals surface area (Å²) in [5.41, 5.74) is 1.20. The molecule has 1 saturated carbocycles. The first-order valence-corrected chi connectivity index (χ1v) is 4.94. The van der Waals surface area contributed by atoms with Crippen LogP contribution in [0.15, 0.2) is 18.2 Å². The lowest BCUT2D eigenvalue weighted by atomic mass is 9.94. The van der Waals surface area contributed by atoms with E-state index in [0.717, 1.165) is 5.56 Å². The second-order valence-corrected chi connectivity index (χ2v) is 4.48. The van der Waals surface area contributed by atoms with Gasteiger partial charge in [0, 0.05) is 5.41 Å². The maximum atomic E-state index is 13.0. The van der Waals surface area contributed by atoms with E-state index in [9.17, 15) is 9.18 Å². The van der Waals surface area contributed by atoms with Crippen molar-refractivity contribution in [2.45, 2.75) is 25.7 Å². The van der Waals surface area contributed by atoms with Gasteiger partial charge >= 0.3 is 5.97 Å². The SMILES string of the molecule is Cc1cc(C2(C)CC2C(=O)O)ccc1F. The van der Waals surface area contributed by atoms with Crippen LogP contribution in [0, 0.1) is 18.7 Å². The molecule has 2 atom stereocenters. The summed E-state index contributed by atoms with van der Waals surface area (Å²) in [4.78, 5) is 10.8. The van der Waals surface area contributed by atoms with E-state index in [4.69, 9.17) is 5.11 Å². The Hall–Kier alpha value is -1.38. The number of carboxylic acids is 1. The lowest BCUT2D eigenvalue weighted by Crippen LogP contribution is -2.11. The third kappa shape index (κ3) is 1.52. The molecular formula is C12H13FO2. The highest BCUT2D eigenvalue weighted by atomic mass is 19.1. The number of halogens is 1. The zero-order valence-electron chi connectivity index (χ0n) is 8.75. The number of hydrogen-bond donors (Lipinski definition) is 1. The first-order valence-electron chi connectivity index (χ1n) is 4.94. The standard InChI is InChI=1S/C12H13FO2/c1-7-5-8(3-4-10(7)13)12(2)6-9(12)11(14)15/h3-5,9H,6H2,1-2H3,(H,14,15). The molecule has 0 amide bonds. The van der Waals surface area contributed by atoms with Gasteiger partial charge in [-0.1, -0.05) is 19.1 Å². The van der Waals surface area contributed by atoms with Crippen molar-refractivity contribution in [2.24, 2.45) is 5.92 Å². The van der Waals surface area contributed by atoms with Gasteiger partial charge in [0.05, 0.1) is 5.92 Å². The minimum atomic E-state index is -0.764. The molecular weight excluding hydrogens is 195 g/mol. The van der Waals surface area contributed by atoms with E-state index in [1.54, 1.807) is 19.1 Å². The number of aryl methyl sites for hydroxylation is 1. The molecule has 0 aromatic heterocycles. The average Bonchev–Trinajstić information content (AvgIpc) is 2.84. The van der Waals surface area contributed by atoms with Gasteiger partial charge in [-0.2, -0.15) is 0 Å². The predicted octanol–water partition coefficient (Wildman–Crippen LogP) is 2.50. The molecule has 0 spiro atoms. The molecule has 15 heavy (non-hydrogen) atoms. The van der Waals surface area contributed by atoms with Gasteiger partial charge in [-0.15, -0.1) is 0 Å². The smallest absolute Gasteiger partial charge is 0.307 e. The van der Waals surface area contributed by atoms with Crippen molar-refractivity contribution in [3.05, 3.63) is 35.1 Å². The Kier molecular flexibility index (Phi) is 2.07. The van der Waals surface area contributed by atoms with Crippen LogP contribution < -0.4 is 0 Å². The fourth-order valence-electron chi connectivity index (χ4n) is 2.04. The van der Waals surface area contributed by atoms with Crippen LogP contribution in [-0.2, 0) is 10.2 Å². The van der Waals surface area contributed by atoms with Crippen molar-refractivity contribution < 1.29 is 14.3 Å². The zero-order chi connectivity index (χ0) is 11.2. The summed E-state index contributed by atoms with van der Waals surface area (Å²) in [6.07, 6.45) is 0.646. The summed E-state index contributed by atoms with van der Waals surface area (Å²) in [5, 5.41) is 8.90. The van der Waals surface area contributed by atoms with Crippen LogP contribution in [0.25, 0.3) is 0 Å². The molecule has 2 rings (SSSR count). The van der Waals surface area contributed by atoms with E-state index in [-0.39, 0.29) is 17.2 Å². The van der Waals surface area contributed by atoms with Crippen molar-refractivity contribution in [1.29, 1.82) is 0 Å². The Morgan fingerprint density at radius 1 is 1.60 bits per heavy atom. The number of hydrogen-bond acceptors (Lipinski definition) is 1. The molecule has 0 aliphatic heterocycles. The van der Waals surface area contributed by atoms with Crippen LogP contribution in [0.5, 0.6) is 0 Å². The zero-order valence-corrected chi connectivity index (χ0v) is 8.75. The molecule has 1 aromatic carbocycles. The van der Waals surface area contributed by atoms with Crippen molar-refractivity contribution in [1.82, 2.24) is 0 Å². The van der Waals surface area contributed by atoms with E-state index in [0.29, 0.717) is 12.0 Å². The molecule has 3 heteroatoms. The largest absolute Gasteiger partial charge is 0.481 e. The summed E-state index contributed by atoms with van der Waals surface area (Å²) in [5.74, 6) is -1.32. The quantitative estimate of drug-likeness (QED) is 0.810. The third-order valence-electron chi connectivity index (χ3n) is 3.35. The lowest BCUT2D eigenvalue weighted by molar-refractivity contribution is -0.138. The summed E-state index contributed by atoms with van der Waals surface area (Å²) in [7, 11) is 0. The van der Waals surface area contributed by atoms with Crippen LogP contribution in [0.1, 0.15) is 24.5 Å². The Bertz CT molecular complexity index is 428. The van der Waals surface area contributed by atoms with Crippen molar-refractivity contribution in [3.8, 4) is 0 Å². The van der Waals surface area contributed by atoms with Crippen LogP contribution in [0.4, 0.5) is 4.39 Å². The minimum Gasteiger partial charge on any atom is -0.481 e. The molecule has 1 aliphatic carbocycles. The fraction of sp³-hybridized carbons (Fsp3) is 0.417. The highest BCUT2D eigenvalue weighted by Crippen LogP contribution is 2.54. The minimum absolute atomic E-state index is 0.241. The van der Waals surface area contributed by atoms with E-state index in [1.807, 2.05) is 6.92 Å². The molecule has 1 fully saturated rings. The highest BCUT2D eigenvalue weighted by Gasteiger charge is 2.55. The molecule has 1 aliphatic rings. The number of carboxylic acid groups (broad SMARTS) is 1. The van der Waals surface area contributed by atoms with Crippen LogP contribution in [-0.4, -0.2) is 11.1 Å². The Morgan fingerprint density at radius 2 is 2.27 bits per heavy atom. The van der Waals surface area contributed by atoms with E-state index >= 15 is 0 Å². The maximum absolute atomic E-state index is 13.0. The summed E-state index contributed by atoms with van der Waals surface area (Å²) >= 11 is 0. The fourth-order valence-corrected chi connectivity index (χ4v) is 2.04. The van der Waals surface area contributed by atoms with Gasteiger partial charge in [0.15, 0.2) is 0 Å². The summed E-state index contributed by atoms with van der Waals surface area (Å²) in [6.45, 7) is 3.61. The molecule has 80 valence electrons. The van der Waals surface area contributed by atoms with Gasteiger partial charge in [0.2, 0.25) is 0 Å². The van der Waals surface area contributed by atoms with Gasteiger partial charge in [-0.05, 0) is 30.5 Å². The number of benzene rings is 1. The monoisotopic (exact) mass is 208 g/mol. The number of aliphatic carboxylic acids is 1. The lowest BCUT2D eigenvalue weighted by Gasteiger charge is -2.11. The molecule has 0 saturated heterocycles. The summed E-state index contributed by atoms with van der Waals surface area (Å²) in [6, 6.07) is 4.84. The third-order valence-corrected chi connectivity index (χ3v) is 3.35. The summed E-state index contributed by atoms with van der Waals surface area (Å²) < 4.78 is 13.0. The van der Waals surface area contributed by atoms with Crippen molar-refractivity contribution in [3.63, 3.8) is 0 Å². The van der Waals surface area contributed by atoms with Crippen LogP contribution >= 0.6 is 0 Å². The number of carbonyl (C=O) groups is 1. The molecule has 2 nitrogen and oxygen atoms in total. The highest BCUT2D eigenvalue weighted by molar-refractivity contribution is 5.77. The Balaban J connectivity index is 2.32. The Morgan fingerprint density at radius 3 is 2.73 bits per heavy atom. The Labute approximate surface area is 87.7 Å². The topological polar surface area (TPSA) is 37.3 Å². The van der Waals surface area contributed by atoms with E-state index in [1.165, 1.54) is 6.07 Å². The van der Waals surface area contributed by atoms with Gasteiger partial charge in [-0.3, -0.25) is 4.79 Å². The second-order valence-electron chi connectivity index (χ2n) is 4.48. The second kappa shape index (κ2) is 3.05. The van der Waals surface area contributed by atoms with Crippen LogP contribution in [0.3, 0.4) is 0 Å². The maximum Gasteiger partial charge on any atom is 0.307 e. The first kappa shape index (κ1) is 10.1. The van der Waals surface area contributed by atoms with Crippen molar-refractivity contribution in [2.75, 3.05) is 0 Å². The molecule has 2 unspecified atom stereocenters. The first-order chi connectivity index (χ1) is 6.95. The van der Waals surface area contributed by atoms with Gasteiger partial charge < -0.3 is 5.11 Å². The van der Waals surface area contributed by atoms with E-state index < -0.39 is 5.97 Å². The molecule has 0 heterocycles. The molecule has 0 radical (unpaired) electrons.